The topological polar surface area (TPSA) is 83.9 Å². The zero-order valence-electron chi connectivity index (χ0n) is 38.6. The van der Waals surface area contributed by atoms with E-state index >= 15 is 4.79 Å². The molecule has 8 rings (SSSR count). The number of piperidine rings is 1. The number of hydrogen-bond donors (Lipinski definition) is 1. The molecule has 6 saturated carbocycles. The van der Waals surface area contributed by atoms with Crippen LogP contribution >= 0.6 is 0 Å². The average Bonchev–Trinajstić information content (AvgIpc) is 3.82. The Morgan fingerprint density at radius 2 is 1.50 bits per heavy atom. The van der Waals surface area contributed by atoms with Crippen LogP contribution in [0.2, 0.25) is 0 Å². The van der Waals surface area contributed by atoms with E-state index in [4.69, 9.17) is 9.84 Å². The minimum atomic E-state index is -0.863. The summed E-state index contributed by atoms with van der Waals surface area (Å²) in [6.07, 6.45) is 20.0. The third-order valence-electron chi connectivity index (χ3n) is 20.3. The molecule has 7 aliphatic rings. The Balaban J connectivity index is 0.920. The number of carbonyl (C=O) groups is 3. The molecule has 332 valence electrons. The Hall–Kier alpha value is -2.47. The molecular weight excluding hydrogens is 743 g/mol. The van der Waals surface area contributed by atoms with Gasteiger partial charge < -0.3 is 14.7 Å². The first-order chi connectivity index (χ1) is 28.5. The van der Waals surface area contributed by atoms with Gasteiger partial charge in [-0.3, -0.25) is 14.4 Å². The fraction of sp³-hybridized carbons (Fsp3) is 0.796. The number of Topliss-reactive ketones (excluding diaryl/α,β-unsaturated/α-hetero) is 1. The van der Waals surface area contributed by atoms with Crippen LogP contribution in [0.15, 0.2) is 42.5 Å². The quantitative estimate of drug-likeness (QED) is 0.158. The molecule has 1 N–H and O–H groups in total. The molecule has 6 nitrogen and oxygen atoms in total. The number of nitrogens with zero attached hydrogens (tertiary/aromatic N) is 1. The van der Waals surface area contributed by atoms with Gasteiger partial charge in [0, 0.05) is 36.6 Å². The average molecular weight is 824 g/mol. The van der Waals surface area contributed by atoms with Gasteiger partial charge in [0.05, 0.1) is 0 Å². The summed E-state index contributed by atoms with van der Waals surface area (Å²) >= 11 is 0. The highest BCUT2D eigenvalue weighted by molar-refractivity contribution is 5.86. The summed E-state index contributed by atoms with van der Waals surface area (Å²) in [6.45, 7) is 23.2. The Bertz CT molecular complexity index is 1750. The smallest absolute Gasteiger partial charge is 0.306 e. The van der Waals surface area contributed by atoms with E-state index < -0.39 is 5.97 Å². The highest BCUT2D eigenvalue weighted by Crippen LogP contribution is 2.78. The van der Waals surface area contributed by atoms with E-state index in [1.54, 1.807) is 0 Å². The van der Waals surface area contributed by atoms with Crippen LogP contribution in [0.1, 0.15) is 169 Å². The van der Waals surface area contributed by atoms with Crippen LogP contribution in [0.25, 0.3) is 0 Å². The molecule has 12 atom stereocenters. The number of rotatable bonds is 13. The van der Waals surface area contributed by atoms with Gasteiger partial charge in [-0.15, -0.1) is 0 Å². The molecule has 1 aromatic rings. The van der Waals surface area contributed by atoms with Crippen molar-refractivity contribution in [2.45, 2.75) is 176 Å². The first kappa shape index (κ1) is 44.1. The maximum absolute atomic E-state index is 15.2. The first-order valence-corrected chi connectivity index (χ1v) is 24.9. The molecule has 1 aromatic carbocycles. The number of ether oxygens (including phenoxy) is 1. The molecule has 7 fully saturated rings. The minimum absolute atomic E-state index is 0.00399. The highest BCUT2D eigenvalue weighted by atomic mass is 16.5. The van der Waals surface area contributed by atoms with Crippen LogP contribution in [-0.2, 0) is 25.5 Å². The number of aliphatic carboxylic acids is 1. The second kappa shape index (κ2) is 16.9. The van der Waals surface area contributed by atoms with E-state index in [1.807, 2.05) is 0 Å². The van der Waals surface area contributed by atoms with E-state index in [2.05, 4.69) is 83.4 Å². The fourth-order valence-electron chi connectivity index (χ4n) is 17.1. The lowest BCUT2D eigenvalue weighted by atomic mass is 9.32. The number of esters is 1. The predicted octanol–water partition coefficient (Wildman–Crippen LogP) is 12.1. The van der Waals surface area contributed by atoms with Crippen molar-refractivity contribution in [1.82, 2.24) is 4.90 Å². The third kappa shape index (κ3) is 7.80. The van der Waals surface area contributed by atoms with Crippen molar-refractivity contribution in [3.05, 3.63) is 48.0 Å². The molecule has 1 saturated heterocycles. The van der Waals surface area contributed by atoms with Gasteiger partial charge in [0.25, 0.3) is 0 Å². The van der Waals surface area contributed by atoms with E-state index in [9.17, 15) is 9.59 Å². The van der Waals surface area contributed by atoms with Gasteiger partial charge in [-0.05, 0) is 198 Å². The molecule has 1 unspecified atom stereocenters. The lowest BCUT2D eigenvalue weighted by Gasteiger charge is -2.73. The minimum Gasteiger partial charge on any atom is -0.481 e. The van der Waals surface area contributed by atoms with Crippen molar-refractivity contribution < 1.29 is 24.2 Å². The number of carboxylic acids is 1. The molecule has 1 heterocycles. The molecule has 60 heavy (non-hydrogen) atoms. The van der Waals surface area contributed by atoms with Gasteiger partial charge >= 0.3 is 11.9 Å². The number of fused-ring (bicyclic) bond motifs is 7. The summed E-state index contributed by atoms with van der Waals surface area (Å²) in [5, 5.41) is 9.08. The number of allylic oxidation sites excluding steroid dienone is 1. The summed E-state index contributed by atoms with van der Waals surface area (Å²) in [6, 6.07) is 11.0. The number of ketones is 1. The molecule has 6 heteroatoms. The zero-order valence-corrected chi connectivity index (χ0v) is 38.6. The van der Waals surface area contributed by atoms with Crippen LogP contribution in [0.3, 0.4) is 0 Å². The fourth-order valence-corrected chi connectivity index (χ4v) is 17.1. The maximum atomic E-state index is 15.2. The van der Waals surface area contributed by atoms with Gasteiger partial charge in [0.15, 0.2) is 0 Å². The van der Waals surface area contributed by atoms with Crippen LogP contribution in [-0.4, -0.2) is 53.5 Å². The molecule has 6 aliphatic carbocycles. The van der Waals surface area contributed by atoms with Crippen molar-refractivity contribution >= 4 is 17.7 Å². The summed E-state index contributed by atoms with van der Waals surface area (Å²) in [4.78, 5) is 41.9. The van der Waals surface area contributed by atoms with E-state index in [1.165, 1.54) is 95.0 Å². The van der Waals surface area contributed by atoms with Gasteiger partial charge in [-0.25, -0.2) is 0 Å². The van der Waals surface area contributed by atoms with Crippen LogP contribution in [0, 0.1) is 74.4 Å². The number of benzene rings is 1. The molecule has 0 bridgehead atoms. The summed E-state index contributed by atoms with van der Waals surface area (Å²) in [7, 11) is 0. The SMILES string of the molecule is C=C(C)[C@@H]1CC[C@]2(C(=O)C[C@@H]3CCC(CN4CCC(Cc5ccccc5)CC4)C3)CC[C@]3(C)[C@H](CC[C@@H]4[C@@]5(C)CC[C@H](OC(=O)CCCC(=O)O)C(C)(C)[C@@H]5CC[C@]43C)[C@@H]12. The normalized spacial score (nSPS) is 41.4. The lowest BCUT2D eigenvalue weighted by molar-refractivity contribution is -0.249. The first-order valence-electron chi connectivity index (χ1n) is 24.9. The summed E-state index contributed by atoms with van der Waals surface area (Å²) in [5.74, 6) is 4.13. The standard InChI is InChI=1S/C54H81NO5/c1-36(2)41-20-27-54(45(56)34-39-16-17-40(33-39)35-55-30-23-38(24-31-55)32-37-12-9-8-10-13-37)29-28-52(6)42(49(41)54)18-19-44-51(5)25-22-46(60-48(59)15-11-14-47(57)58)50(3,4)43(51)21-26-53(44,52)7/h8-10,12-13,38-44,46,49H,1,11,14-35H2,2-7H3,(H,57,58)/t39-,40?,41+,42-,43+,44-,46+,49-,51+,52-,53-,54-/m1/s1. The monoisotopic (exact) mass is 824 g/mol. The Morgan fingerprint density at radius 1 is 0.767 bits per heavy atom. The van der Waals surface area contributed by atoms with Gasteiger partial charge in [-0.1, -0.05) is 77.1 Å². The molecule has 0 amide bonds. The van der Waals surface area contributed by atoms with Crippen molar-refractivity contribution in [2.24, 2.45) is 74.4 Å². The zero-order chi connectivity index (χ0) is 42.7. The van der Waals surface area contributed by atoms with Crippen LogP contribution < -0.4 is 0 Å². The number of carboxylic acid groups (broad SMARTS) is 1. The Kier molecular flexibility index (Phi) is 12.4. The van der Waals surface area contributed by atoms with Gasteiger partial charge in [-0.2, -0.15) is 0 Å². The largest absolute Gasteiger partial charge is 0.481 e. The Labute approximate surface area is 363 Å². The van der Waals surface area contributed by atoms with Crippen molar-refractivity contribution in [2.75, 3.05) is 19.6 Å². The summed E-state index contributed by atoms with van der Waals surface area (Å²) < 4.78 is 6.20. The van der Waals surface area contributed by atoms with Gasteiger partial charge in [0.1, 0.15) is 11.9 Å². The lowest BCUT2D eigenvalue weighted by Crippen LogP contribution is -2.67. The second-order valence-electron chi connectivity index (χ2n) is 23.5. The number of hydrogen-bond acceptors (Lipinski definition) is 5. The number of carbonyl (C=O) groups excluding carboxylic acids is 2. The van der Waals surface area contributed by atoms with Crippen molar-refractivity contribution in [1.29, 1.82) is 0 Å². The van der Waals surface area contributed by atoms with E-state index in [-0.39, 0.29) is 52.0 Å². The van der Waals surface area contributed by atoms with Gasteiger partial charge in [0.2, 0.25) is 0 Å². The van der Waals surface area contributed by atoms with E-state index in [0.29, 0.717) is 47.7 Å². The molecule has 0 radical (unpaired) electrons. The molecule has 1 aliphatic heterocycles. The van der Waals surface area contributed by atoms with Crippen molar-refractivity contribution in [3.63, 3.8) is 0 Å². The molecule has 0 aromatic heterocycles. The second-order valence-corrected chi connectivity index (χ2v) is 23.5. The van der Waals surface area contributed by atoms with Crippen LogP contribution in [0.5, 0.6) is 0 Å². The predicted molar refractivity (Wildman–Crippen MR) is 240 cm³/mol. The summed E-state index contributed by atoms with van der Waals surface area (Å²) in [5.41, 5.74) is 3.03. The van der Waals surface area contributed by atoms with Crippen molar-refractivity contribution in [3.8, 4) is 0 Å². The third-order valence-corrected chi connectivity index (χ3v) is 20.3. The Morgan fingerprint density at radius 3 is 2.22 bits per heavy atom. The molecule has 0 spiro atoms. The van der Waals surface area contributed by atoms with Crippen LogP contribution in [0.4, 0.5) is 0 Å². The molecular formula is C54H81NO5. The van der Waals surface area contributed by atoms with E-state index in [0.717, 1.165) is 56.8 Å². The highest BCUT2D eigenvalue weighted by Gasteiger charge is 2.72. The maximum Gasteiger partial charge on any atom is 0.306 e. The number of likely N-dealkylation sites (tertiary alicyclic amines) is 1.